The van der Waals surface area contributed by atoms with Gasteiger partial charge in [0.2, 0.25) is 11.8 Å². The molecule has 0 saturated carbocycles. The van der Waals surface area contributed by atoms with Crippen molar-refractivity contribution in [2.75, 3.05) is 18.6 Å². The summed E-state index contributed by atoms with van der Waals surface area (Å²) >= 11 is 3.86. The first-order valence-corrected chi connectivity index (χ1v) is 12.7. The monoisotopic (exact) mass is 526 g/mol. The van der Waals surface area contributed by atoms with Crippen molar-refractivity contribution in [2.24, 2.45) is 5.16 Å². The molecule has 0 aromatic carbocycles. The van der Waals surface area contributed by atoms with Crippen LogP contribution in [-0.2, 0) is 25.6 Å². The second kappa shape index (κ2) is 10.4. The fourth-order valence-corrected chi connectivity index (χ4v) is 5.90. The van der Waals surface area contributed by atoms with Gasteiger partial charge in [-0.2, -0.15) is 0 Å². The molecule has 2 aromatic heterocycles. The van der Waals surface area contributed by atoms with Crippen LogP contribution in [0.15, 0.2) is 37.1 Å². The van der Waals surface area contributed by atoms with Crippen LogP contribution >= 0.6 is 34.9 Å². The van der Waals surface area contributed by atoms with Crippen LogP contribution < -0.4 is 5.32 Å². The van der Waals surface area contributed by atoms with E-state index in [1.165, 1.54) is 52.4 Å². The number of fused-ring (bicyclic) bond motifs is 1. The van der Waals surface area contributed by atoms with E-state index in [9.17, 15) is 19.5 Å². The van der Waals surface area contributed by atoms with Gasteiger partial charge in [-0.15, -0.1) is 33.3 Å². The summed E-state index contributed by atoms with van der Waals surface area (Å²) in [5.41, 5.74) is 2.35. The van der Waals surface area contributed by atoms with Crippen LogP contribution in [0, 0.1) is 0 Å². The van der Waals surface area contributed by atoms with Crippen molar-refractivity contribution in [3.05, 3.63) is 33.9 Å². The van der Waals surface area contributed by atoms with Crippen molar-refractivity contribution >= 4 is 58.5 Å². The molecule has 2 aromatic rings. The third-order valence-corrected chi connectivity index (χ3v) is 7.49. The van der Waals surface area contributed by atoms with Gasteiger partial charge in [0.1, 0.15) is 24.2 Å². The summed E-state index contributed by atoms with van der Waals surface area (Å²) in [7, 11) is 1.30. The van der Waals surface area contributed by atoms with Gasteiger partial charge in [-0.1, -0.05) is 23.8 Å². The van der Waals surface area contributed by atoms with Crippen LogP contribution in [0.1, 0.15) is 18.5 Å². The quantitative estimate of drug-likeness (QED) is 0.159. The first-order chi connectivity index (χ1) is 16.4. The van der Waals surface area contributed by atoms with Crippen LogP contribution in [0.5, 0.6) is 0 Å². The summed E-state index contributed by atoms with van der Waals surface area (Å²) in [6.45, 7) is 1.88. The number of thioether (sulfide) groups is 2. The summed E-state index contributed by atoms with van der Waals surface area (Å²) in [5.74, 6) is -0.0769. The van der Waals surface area contributed by atoms with E-state index in [1.807, 2.05) is 6.92 Å². The Kier molecular flexibility index (Phi) is 7.38. The van der Waals surface area contributed by atoms with Crippen molar-refractivity contribution < 1.29 is 33.5 Å². The predicted octanol–water partition coefficient (Wildman–Crippen LogP) is 1.54. The number of nitrogens with one attached hydrogen (secondary N) is 1. The van der Waals surface area contributed by atoms with Crippen LogP contribution in [0.4, 0.5) is 4.79 Å². The second-order valence-corrected chi connectivity index (χ2v) is 9.49. The zero-order chi connectivity index (χ0) is 24.2. The summed E-state index contributed by atoms with van der Waals surface area (Å²) in [5, 5.41) is 24.8. The standard InChI is InChI=1S/C18H18N6O7S3/c1-3-10-21-22-17(30-10)34-5-8-4-33-16-12(14(26)24(16)15(8)31-18(27)28)20-13(25)11(23-29-2)9-6-32-7-19-9/h6-7,12,16H,3-5H2,1-2H3,(H,20,25)(H,27,28)/t12?,16-/m0/s1. The van der Waals surface area contributed by atoms with E-state index in [-0.39, 0.29) is 17.3 Å². The van der Waals surface area contributed by atoms with E-state index < -0.39 is 29.4 Å². The highest BCUT2D eigenvalue weighted by Crippen LogP contribution is 2.42. The molecular weight excluding hydrogens is 508 g/mol. The number of rotatable bonds is 9. The summed E-state index contributed by atoms with van der Waals surface area (Å²) in [4.78, 5) is 47.0. The molecule has 1 saturated heterocycles. The van der Waals surface area contributed by atoms with Gasteiger partial charge in [0.25, 0.3) is 17.0 Å². The zero-order valence-corrected chi connectivity index (χ0v) is 20.2. The Bertz CT molecular complexity index is 1150. The van der Waals surface area contributed by atoms with Gasteiger partial charge < -0.3 is 24.4 Å². The Balaban J connectivity index is 1.48. The summed E-state index contributed by atoms with van der Waals surface area (Å²) < 4.78 is 10.4. The summed E-state index contributed by atoms with van der Waals surface area (Å²) in [6.07, 6.45) is -0.955. The number of hydrogen-bond acceptors (Lipinski definition) is 13. The van der Waals surface area contributed by atoms with Gasteiger partial charge in [-0.25, -0.2) is 9.78 Å². The second-order valence-electron chi connectivity index (χ2n) is 6.74. The number of oxime groups is 1. The Morgan fingerprint density at radius 2 is 2.26 bits per heavy atom. The van der Waals surface area contributed by atoms with Crippen LogP contribution in [0.25, 0.3) is 0 Å². The number of β-lactam (4-membered cyclic amide) rings is 1. The lowest BCUT2D eigenvalue weighted by Gasteiger charge is -2.49. The van der Waals surface area contributed by atoms with Gasteiger partial charge in [-0.3, -0.25) is 14.5 Å². The maximum absolute atomic E-state index is 12.9. The van der Waals surface area contributed by atoms with Gasteiger partial charge in [0.15, 0.2) is 5.71 Å². The van der Waals surface area contributed by atoms with Crippen molar-refractivity contribution in [2.45, 2.75) is 30.0 Å². The highest BCUT2D eigenvalue weighted by atomic mass is 32.2. The van der Waals surface area contributed by atoms with Crippen molar-refractivity contribution in [1.82, 2.24) is 25.4 Å². The molecule has 0 bridgehead atoms. The molecule has 0 radical (unpaired) electrons. The lowest BCUT2D eigenvalue weighted by atomic mass is 10.1. The SMILES string of the molecule is CCc1nnc(SCC2=C(OC(=O)O)N3C(=O)C(NC(=O)C(=NOC)c4cscn4)[C@@H]3SC2)o1. The Morgan fingerprint density at radius 1 is 1.44 bits per heavy atom. The fourth-order valence-electron chi connectivity index (χ4n) is 3.13. The highest BCUT2D eigenvalue weighted by molar-refractivity contribution is 8.01. The van der Waals surface area contributed by atoms with E-state index >= 15 is 0 Å². The van der Waals surface area contributed by atoms with Gasteiger partial charge in [0.05, 0.1) is 5.51 Å². The number of thiazole rings is 1. The van der Waals surface area contributed by atoms with E-state index in [1.54, 1.807) is 5.38 Å². The number of nitrogens with zero attached hydrogens (tertiary/aromatic N) is 5. The molecule has 2 aliphatic heterocycles. The first-order valence-electron chi connectivity index (χ1n) is 9.76. The maximum atomic E-state index is 12.9. The molecule has 0 spiro atoms. The van der Waals surface area contributed by atoms with Crippen LogP contribution in [0.2, 0.25) is 0 Å². The molecule has 2 amide bonds. The minimum Gasteiger partial charge on any atom is -0.449 e. The van der Waals surface area contributed by atoms with E-state index in [0.29, 0.717) is 34.6 Å². The number of ether oxygens (including phenoxy) is 1. The molecule has 16 heteroatoms. The molecule has 2 N–H and O–H groups in total. The molecule has 34 heavy (non-hydrogen) atoms. The number of carbonyl (C=O) groups excluding carboxylic acids is 2. The van der Waals surface area contributed by atoms with Crippen molar-refractivity contribution in [3.8, 4) is 0 Å². The topological polar surface area (TPSA) is 169 Å². The van der Waals surface area contributed by atoms with Crippen molar-refractivity contribution in [3.63, 3.8) is 0 Å². The average Bonchev–Trinajstić information content (AvgIpc) is 3.51. The van der Waals surface area contributed by atoms with Gasteiger partial charge in [-0.05, 0) is 0 Å². The van der Waals surface area contributed by atoms with E-state index in [2.05, 4.69) is 25.7 Å². The number of aromatic nitrogens is 3. The minimum atomic E-state index is -1.55. The molecule has 180 valence electrons. The maximum Gasteiger partial charge on any atom is 0.512 e. The molecule has 2 aliphatic rings. The highest BCUT2D eigenvalue weighted by Gasteiger charge is 2.54. The number of amides is 2. The minimum absolute atomic E-state index is 0.0697. The number of aryl methyl sites for hydroxylation is 1. The van der Waals surface area contributed by atoms with E-state index in [0.717, 1.165) is 0 Å². The largest absolute Gasteiger partial charge is 0.512 e. The fraction of sp³-hybridized carbons (Fsp3) is 0.389. The average molecular weight is 527 g/mol. The predicted molar refractivity (Wildman–Crippen MR) is 121 cm³/mol. The molecule has 1 fully saturated rings. The molecule has 1 unspecified atom stereocenters. The first kappa shape index (κ1) is 24.0. The molecule has 4 rings (SSSR count). The number of carbonyl (C=O) groups is 3. The smallest absolute Gasteiger partial charge is 0.449 e. The lowest BCUT2D eigenvalue weighted by molar-refractivity contribution is -0.148. The van der Waals surface area contributed by atoms with Gasteiger partial charge >= 0.3 is 6.16 Å². The molecular formula is C18H18N6O7S3. The van der Waals surface area contributed by atoms with Crippen LogP contribution in [0.3, 0.4) is 0 Å². The molecule has 0 aliphatic carbocycles. The third-order valence-electron chi connectivity index (χ3n) is 4.66. The number of hydrogen-bond donors (Lipinski definition) is 2. The molecule has 4 heterocycles. The van der Waals surface area contributed by atoms with Gasteiger partial charge in [0, 0.05) is 28.9 Å². The number of carboxylic acid groups (broad SMARTS) is 1. The lowest BCUT2D eigenvalue weighted by Crippen LogP contribution is -2.70. The van der Waals surface area contributed by atoms with E-state index in [4.69, 9.17) is 14.0 Å². The Labute approximate surface area is 205 Å². The Hall–Kier alpha value is -3.11. The van der Waals surface area contributed by atoms with Crippen molar-refractivity contribution in [1.29, 1.82) is 0 Å². The van der Waals surface area contributed by atoms with Crippen LogP contribution in [-0.4, -0.2) is 78.9 Å². The third kappa shape index (κ3) is 4.88. The Morgan fingerprint density at radius 3 is 2.91 bits per heavy atom. The normalized spacial score (nSPS) is 20.0. The molecule has 13 nitrogen and oxygen atoms in total. The molecule has 2 atom stereocenters. The summed E-state index contributed by atoms with van der Waals surface area (Å²) in [6, 6.07) is -0.900. The zero-order valence-electron chi connectivity index (χ0n) is 17.8.